The van der Waals surface area contributed by atoms with E-state index in [0.717, 1.165) is 38.0 Å². The van der Waals surface area contributed by atoms with E-state index in [1.807, 2.05) is 0 Å². The van der Waals surface area contributed by atoms with Crippen molar-refractivity contribution in [2.75, 3.05) is 6.54 Å². The van der Waals surface area contributed by atoms with E-state index < -0.39 is 5.97 Å². The van der Waals surface area contributed by atoms with Crippen molar-refractivity contribution in [1.82, 2.24) is 10.2 Å². The van der Waals surface area contributed by atoms with Crippen LogP contribution < -0.4 is 5.32 Å². The number of nitrogens with one attached hydrogen (secondary N) is 1. The number of carboxylic acids is 1. The molecule has 0 aromatic carbocycles. The SMILES string of the molecule is CC1CCC(NC(=O)N2CCCCC2CC(=O)O)CC1. The molecular weight excluding hydrogens is 256 g/mol. The second kappa shape index (κ2) is 6.95. The maximum Gasteiger partial charge on any atom is 0.317 e. The number of aliphatic carboxylic acids is 1. The Morgan fingerprint density at radius 3 is 2.50 bits per heavy atom. The van der Waals surface area contributed by atoms with Crippen molar-refractivity contribution in [2.45, 2.75) is 70.4 Å². The van der Waals surface area contributed by atoms with Crippen LogP contribution in [0, 0.1) is 5.92 Å². The lowest BCUT2D eigenvalue weighted by atomic mass is 9.87. The first-order valence-electron chi connectivity index (χ1n) is 7.85. The van der Waals surface area contributed by atoms with Gasteiger partial charge in [0.05, 0.1) is 6.42 Å². The summed E-state index contributed by atoms with van der Waals surface area (Å²) in [5.74, 6) is -0.0564. The second-order valence-corrected chi connectivity index (χ2v) is 6.35. The Balaban J connectivity index is 1.87. The number of likely N-dealkylation sites (tertiary alicyclic amines) is 1. The molecule has 1 atom stereocenters. The monoisotopic (exact) mass is 282 g/mol. The van der Waals surface area contributed by atoms with E-state index in [9.17, 15) is 9.59 Å². The summed E-state index contributed by atoms with van der Waals surface area (Å²) in [4.78, 5) is 25.0. The smallest absolute Gasteiger partial charge is 0.317 e. The van der Waals surface area contributed by atoms with Crippen molar-refractivity contribution in [2.24, 2.45) is 5.92 Å². The minimum Gasteiger partial charge on any atom is -0.481 e. The number of amides is 2. The highest BCUT2D eigenvalue weighted by Crippen LogP contribution is 2.25. The van der Waals surface area contributed by atoms with Crippen LogP contribution in [0.4, 0.5) is 4.79 Å². The number of hydrogen-bond donors (Lipinski definition) is 2. The predicted molar refractivity (Wildman–Crippen MR) is 76.5 cm³/mol. The predicted octanol–water partition coefficient (Wildman–Crippen LogP) is 2.60. The van der Waals surface area contributed by atoms with Crippen molar-refractivity contribution >= 4 is 12.0 Å². The van der Waals surface area contributed by atoms with Gasteiger partial charge in [-0.1, -0.05) is 6.92 Å². The average molecular weight is 282 g/mol. The Hall–Kier alpha value is -1.26. The van der Waals surface area contributed by atoms with Gasteiger partial charge in [0.2, 0.25) is 0 Å². The fourth-order valence-corrected chi connectivity index (χ4v) is 3.34. The molecule has 114 valence electrons. The minimum atomic E-state index is -0.818. The molecule has 0 aromatic heterocycles. The van der Waals surface area contributed by atoms with Crippen molar-refractivity contribution in [3.05, 3.63) is 0 Å². The molecule has 0 spiro atoms. The first kappa shape index (κ1) is 15.1. The van der Waals surface area contributed by atoms with Gasteiger partial charge in [-0.2, -0.15) is 0 Å². The lowest BCUT2D eigenvalue weighted by molar-refractivity contribution is -0.138. The zero-order valence-corrected chi connectivity index (χ0v) is 12.3. The quantitative estimate of drug-likeness (QED) is 0.836. The molecule has 1 aliphatic heterocycles. The maximum atomic E-state index is 12.4. The molecule has 0 radical (unpaired) electrons. The van der Waals surface area contributed by atoms with E-state index in [1.54, 1.807) is 4.90 Å². The van der Waals surface area contributed by atoms with Gasteiger partial charge in [-0.15, -0.1) is 0 Å². The molecule has 2 fully saturated rings. The van der Waals surface area contributed by atoms with Crippen LogP contribution in [0.2, 0.25) is 0 Å². The highest BCUT2D eigenvalue weighted by atomic mass is 16.4. The summed E-state index contributed by atoms with van der Waals surface area (Å²) in [5, 5.41) is 12.1. The summed E-state index contributed by atoms with van der Waals surface area (Å²) in [7, 11) is 0. The molecule has 1 unspecified atom stereocenters. The summed E-state index contributed by atoms with van der Waals surface area (Å²) >= 11 is 0. The normalized spacial score (nSPS) is 30.9. The Morgan fingerprint density at radius 1 is 1.15 bits per heavy atom. The molecule has 0 aromatic rings. The zero-order chi connectivity index (χ0) is 14.5. The van der Waals surface area contributed by atoms with Gasteiger partial charge >= 0.3 is 12.0 Å². The molecule has 0 bridgehead atoms. The van der Waals surface area contributed by atoms with Gasteiger partial charge in [0.1, 0.15) is 0 Å². The van der Waals surface area contributed by atoms with Crippen LogP contribution in [0.5, 0.6) is 0 Å². The number of rotatable bonds is 3. The van der Waals surface area contributed by atoms with Crippen LogP contribution in [-0.4, -0.2) is 40.6 Å². The first-order chi connectivity index (χ1) is 9.56. The molecule has 1 saturated heterocycles. The van der Waals surface area contributed by atoms with Gasteiger partial charge in [0.25, 0.3) is 0 Å². The van der Waals surface area contributed by atoms with Crippen LogP contribution in [0.15, 0.2) is 0 Å². The highest BCUT2D eigenvalue weighted by molar-refractivity contribution is 5.76. The van der Waals surface area contributed by atoms with E-state index in [2.05, 4.69) is 12.2 Å². The molecule has 2 rings (SSSR count). The van der Waals surface area contributed by atoms with Gasteiger partial charge in [-0.25, -0.2) is 4.79 Å². The standard InChI is InChI=1S/C15H26N2O3/c1-11-5-7-12(8-6-11)16-15(20)17-9-3-2-4-13(17)10-14(18)19/h11-13H,2-10H2,1H3,(H,16,20)(H,18,19). The summed E-state index contributed by atoms with van der Waals surface area (Å²) in [6.45, 7) is 2.94. The van der Waals surface area contributed by atoms with Gasteiger partial charge in [0, 0.05) is 18.6 Å². The number of piperidine rings is 1. The third-order valence-electron chi connectivity index (χ3n) is 4.64. The third kappa shape index (κ3) is 4.12. The summed E-state index contributed by atoms with van der Waals surface area (Å²) < 4.78 is 0. The summed E-state index contributed by atoms with van der Waals surface area (Å²) in [6.07, 6.45) is 7.30. The Labute approximate surface area is 120 Å². The van der Waals surface area contributed by atoms with Crippen molar-refractivity contribution in [3.63, 3.8) is 0 Å². The zero-order valence-electron chi connectivity index (χ0n) is 12.3. The lowest BCUT2D eigenvalue weighted by Crippen LogP contribution is -2.52. The molecule has 5 nitrogen and oxygen atoms in total. The summed E-state index contributed by atoms with van der Waals surface area (Å²) in [6, 6.07) is 0.0744. The first-order valence-corrected chi connectivity index (χ1v) is 7.85. The molecule has 20 heavy (non-hydrogen) atoms. The molecular formula is C15H26N2O3. The van der Waals surface area contributed by atoms with Crippen LogP contribution in [0.25, 0.3) is 0 Å². The Morgan fingerprint density at radius 2 is 1.85 bits per heavy atom. The van der Waals surface area contributed by atoms with E-state index in [0.29, 0.717) is 6.54 Å². The molecule has 5 heteroatoms. The van der Waals surface area contributed by atoms with Crippen LogP contribution in [-0.2, 0) is 4.79 Å². The Bertz CT molecular complexity index is 351. The number of carbonyl (C=O) groups excluding carboxylic acids is 1. The number of urea groups is 1. The second-order valence-electron chi connectivity index (χ2n) is 6.35. The fourth-order valence-electron chi connectivity index (χ4n) is 3.34. The topological polar surface area (TPSA) is 69.6 Å². The van der Waals surface area contributed by atoms with E-state index in [1.165, 1.54) is 12.8 Å². The fraction of sp³-hybridized carbons (Fsp3) is 0.867. The largest absolute Gasteiger partial charge is 0.481 e. The number of carboxylic acid groups (broad SMARTS) is 1. The van der Waals surface area contributed by atoms with Crippen molar-refractivity contribution in [1.29, 1.82) is 0 Å². The summed E-state index contributed by atoms with van der Waals surface area (Å²) in [5.41, 5.74) is 0. The molecule has 2 aliphatic rings. The highest BCUT2D eigenvalue weighted by Gasteiger charge is 2.30. The molecule has 2 amide bonds. The third-order valence-corrected chi connectivity index (χ3v) is 4.64. The van der Waals surface area contributed by atoms with Crippen molar-refractivity contribution in [3.8, 4) is 0 Å². The minimum absolute atomic E-state index is 0.0597. The van der Waals surface area contributed by atoms with E-state index in [4.69, 9.17) is 5.11 Å². The van der Waals surface area contributed by atoms with Gasteiger partial charge in [-0.3, -0.25) is 4.79 Å². The lowest BCUT2D eigenvalue weighted by Gasteiger charge is -2.37. The van der Waals surface area contributed by atoms with Crippen LogP contribution in [0.3, 0.4) is 0 Å². The number of carbonyl (C=O) groups is 2. The molecule has 2 N–H and O–H groups in total. The maximum absolute atomic E-state index is 12.4. The van der Waals surface area contributed by atoms with Crippen molar-refractivity contribution < 1.29 is 14.7 Å². The molecule has 1 heterocycles. The number of nitrogens with zero attached hydrogens (tertiary/aromatic N) is 1. The molecule has 1 aliphatic carbocycles. The van der Waals surface area contributed by atoms with Gasteiger partial charge in [-0.05, 0) is 50.9 Å². The average Bonchev–Trinajstić information content (AvgIpc) is 2.41. The van der Waals surface area contributed by atoms with Gasteiger partial charge < -0.3 is 15.3 Å². The molecule has 1 saturated carbocycles. The Kier molecular flexibility index (Phi) is 5.26. The van der Waals surface area contributed by atoms with Gasteiger partial charge in [0.15, 0.2) is 0 Å². The number of hydrogen-bond acceptors (Lipinski definition) is 2. The van der Waals surface area contributed by atoms with E-state index >= 15 is 0 Å². The van der Waals surface area contributed by atoms with Crippen LogP contribution in [0.1, 0.15) is 58.3 Å². The van der Waals surface area contributed by atoms with E-state index in [-0.39, 0.29) is 24.5 Å². The van der Waals surface area contributed by atoms with Crippen LogP contribution >= 0.6 is 0 Å².